The number of benzene rings is 1. The van der Waals surface area contributed by atoms with E-state index in [9.17, 15) is 4.39 Å². The first-order chi connectivity index (χ1) is 9.50. The van der Waals surface area contributed by atoms with Crippen LogP contribution in [0.1, 0.15) is 58.1 Å². The summed E-state index contributed by atoms with van der Waals surface area (Å²) in [4.78, 5) is 2.28. The molecule has 1 aromatic carbocycles. The molecule has 1 fully saturated rings. The van der Waals surface area contributed by atoms with Crippen LogP contribution >= 0.6 is 0 Å². The maximum Gasteiger partial charge on any atom is 0.146 e. The fourth-order valence-electron chi connectivity index (χ4n) is 3.23. The average molecular weight is 278 g/mol. The Hall–Kier alpha value is -1.09. The third kappa shape index (κ3) is 3.32. The number of hydrogen-bond donors (Lipinski definition) is 1. The SMILES string of the molecule is CC(C)CN(c1c(F)cccc1[C@H](C)N)C1CCCC1. The lowest BCUT2D eigenvalue weighted by Crippen LogP contribution is -2.38. The summed E-state index contributed by atoms with van der Waals surface area (Å²) in [7, 11) is 0. The van der Waals surface area contributed by atoms with Crippen LogP contribution in [-0.4, -0.2) is 12.6 Å². The van der Waals surface area contributed by atoms with Crippen LogP contribution in [0.4, 0.5) is 10.1 Å². The van der Waals surface area contributed by atoms with Crippen LogP contribution in [0.2, 0.25) is 0 Å². The molecule has 2 N–H and O–H groups in total. The van der Waals surface area contributed by atoms with Gasteiger partial charge in [0.1, 0.15) is 5.82 Å². The van der Waals surface area contributed by atoms with Crippen LogP contribution in [0.25, 0.3) is 0 Å². The topological polar surface area (TPSA) is 29.3 Å². The molecule has 0 unspecified atom stereocenters. The Kier molecular flexibility index (Phi) is 5.03. The molecule has 1 aliphatic rings. The first-order valence-corrected chi connectivity index (χ1v) is 7.81. The molecule has 0 aliphatic heterocycles. The highest BCUT2D eigenvalue weighted by Crippen LogP contribution is 2.35. The minimum absolute atomic E-state index is 0.132. The van der Waals surface area contributed by atoms with E-state index in [1.54, 1.807) is 12.1 Å². The smallest absolute Gasteiger partial charge is 0.146 e. The van der Waals surface area contributed by atoms with Gasteiger partial charge in [0.2, 0.25) is 0 Å². The van der Waals surface area contributed by atoms with Crippen molar-refractivity contribution in [2.24, 2.45) is 11.7 Å². The van der Waals surface area contributed by atoms with Gasteiger partial charge >= 0.3 is 0 Å². The minimum atomic E-state index is -0.142. The third-order valence-corrected chi connectivity index (χ3v) is 4.12. The van der Waals surface area contributed by atoms with Crippen molar-refractivity contribution >= 4 is 5.69 Å². The zero-order valence-corrected chi connectivity index (χ0v) is 12.9. The van der Waals surface area contributed by atoms with Gasteiger partial charge in [-0.25, -0.2) is 4.39 Å². The Morgan fingerprint density at radius 3 is 2.45 bits per heavy atom. The first-order valence-electron chi connectivity index (χ1n) is 7.81. The Morgan fingerprint density at radius 1 is 1.25 bits per heavy atom. The summed E-state index contributed by atoms with van der Waals surface area (Å²) >= 11 is 0. The Balaban J connectivity index is 2.41. The van der Waals surface area contributed by atoms with Crippen molar-refractivity contribution in [3.8, 4) is 0 Å². The molecule has 0 saturated heterocycles. The molecular formula is C17H27FN2. The molecule has 0 radical (unpaired) electrons. The summed E-state index contributed by atoms with van der Waals surface area (Å²) in [5, 5.41) is 0. The van der Waals surface area contributed by atoms with E-state index in [-0.39, 0.29) is 11.9 Å². The van der Waals surface area contributed by atoms with Crippen molar-refractivity contribution in [2.45, 2.75) is 58.5 Å². The van der Waals surface area contributed by atoms with Gasteiger partial charge in [0.25, 0.3) is 0 Å². The van der Waals surface area contributed by atoms with Gasteiger partial charge in [-0.15, -0.1) is 0 Å². The van der Waals surface area contributed by atoms with Crippen molar-refractivity contribution in [2.75, 3.05) is 11.4 Å². The molecule has 0 bridgehead atoms. The maximum atomic E-state index is 14.5. The van der Waals surface area contributed by atoms with Crippen LogP contribution < -0.4 is 10.6 Å². The van der Waals surface area contributed by atoms with E-state index >= 15 is 0 Å². The zero-order valence-electron chi connectivity index (χ0n) is 12.9. The van der Waals surface area contributed by atoms with Crippen molar-refractivity contribution in [3.63, 3.8) is 0 Å². The van der Waals surface area contributed by atoms with E-state index < -0.39 is 0 Å². The predicted molar refractivity (Wildman–Crippen MR) is 83.4 cm³/mol. The standard InChI is InChI=1S/C17H27FN2/c1-12(2)11-20(14-7-4-5-8-14)17-15(13(3)19)9-6-10-16(17)18/h6,9-10,12-14H,4-5,7-8,11,19H2,1-3H3/t13-/m0/s1. The van der Waals surface area contributed by atoms with Gasteiger partial charge in [0.05, 0.1) is 5.69 Å². The van der Waals surface area contributed by atoms with Crippen LogP contribution in [-0.2, 0) is 0 Å². The Labute approximate surface area is 122 Å². The number of halogens is 1. The minimum Gasteiger partial charge on any atom is -0.366 e. The molecule has 1 aliphatic carbocycles. The van der Waals surface area contributed by atoms with Crippen LogP contribution in [0, 0.1) is 11.7 Å². The molecule has 0 aromatic heterocycles. The number of nitrogens with two attached hydrogens (primary N) is 1. The van der Waals surface area contributed by atoms with E-state index in [0.717, 1.165) is 17.8 Å². The molecule has 0 amide bonds. The lowest BCUT2D eigenvalue weighted by molar-refractivity contribution is 0.516. The number of nitrogens with zero attached hydrogens (tertiary/aromatic N) is 1. The summed E-state index contributed by atoms with van der Waals surface area (Å²) in [6.45, 7) is 7.20. The largest absolute Gasteiger partial charge is 0.366 e. The number of para-hydroxylation sites is 1. The number of hydrogen-bond acceptors (Lipinski definition) is 2. The molecule has 3 heteroatoms. The molecule has 1 atom stereocenters. The predicted octanol–water partition coefficient (Wildman–Crippen LogP) is 4.25. The highest BCUT2D eigenvalue weighted by molar-refractivity contribution is 5.57. The number of anilines is 1. The van der Waals surface area contributed by atoms with Crippen molar-refractivity contribution < 1.29 is 4.39 Å². The van der Waals surface area contributed by atoms with E-state index in [1.807, 2.05) is 13.0 Å². The normalized spacial score (nSPS) is 17.7. The quantitative estimate of drug-likeness (QED) is 0.872. The van der Waals surface area contributed by atoms with Gasteiger partial charge in [-0.1, -0.05) is 38.8 Å². The monoisotopic (exact) mass is 278 g/mol. The van der Waals surface area contributed by atoms with E-state index in [4.69, 9.17) is 5.73 Å². The highest BCUT2D eigenvalue weighted by Gasteiger charge is 2.27. The molecule has 2 nitrogen and oxygen atoms in total. The van der Waals surface area contributed by atoms with Gasteiger partial charge in [0.15, 0.2) is 0 Å². The van der Waals surface area contributed by atoms with Gasteiger partial charge in [-0.05, 0) is 37.3 Å². The van der Waals surface area contributed by atoms with Crippen molar-refractivity contribution in [1.29, 1.82) is 0 Å². The van der Waals surface area contributed by atoms with Gasteiger partial charge < -0.3 is 10.6 Å². The summed E-state index contributed by atoms with van der Waals surface area (Å²) in [5.74, 6) is 0.378. The van der Waals surface area contributed by atoms with E-state index in [0.29, 0.717) is 12.0 Å². The fourth-order valence-corrected chi connectivity index (χ4v) is 3.23. The van der Waals surface area contributed by atoms with Gasteiger partial charge in [-0.3, -0.25) is 0 Å². The lowest BCUT2D eigenvalue weighted by atomic mass is 10.0. The second-order valence-corrected chi connectivity index (χ2v) is 6.45. The third-order valence-electron chi connectivity index (χ3n) is 4.12. The van der Waals surface area contributed by atoms with Crippen molar-refractivity contribution in [3.05, 3.63) is 29.6 Å². The summed E-state index contributed by atoms with van der Waals surface area (Å²) in [5.41, 5.74) is 7.72. The molecule has 20 heavy (non-hydrogen) atoms. The summed E-state index contributed by atoms with van der Waals surface area (Å²) in [6, 6.07) is 5.61. The molecule has 1 aromatic rings. The second kappa shape index (κ2) is 6.57. The number of rotatable bonds is 5. The van der Waals surface area contributed by atoms with Crippen LogP contribution in [0.3, 0.4) is 0 Å². The Bertz CT molecular complexity index is 437. The Morgan fingerprint density at radius 2 is 1.90 bits per heavy atom. The molecule has 112 valence electrons. The maximum absolute atomic E-state index is 14.5. The summed E-state index contributed by atoms with van der Waals surface area (Å²) < 4.78 is 14.5. The van der Waals surface area contributed by atoms with Gasteiger partial charge in [0, 0.05) is 18.6 Å². The van der Waals surface area contributed by atoms with E-state index in [2.05, 4.69) is 18.7 Å². The molecule has 0 heterocycles. The average Bonchev–Trinajstić information content (AvgIpc) is 2.89. The molecule has 2 rings (SSSR count). The molecule has 0 spiro atoms. The summed E-state index contributed by atoms with van der Waals surface area (Å²) in [6.07, 6.45) is 4.83. The van der Waals surface area contributed by atoms with Crippen LogP contribution in [0.5, 0.6) is 0 Å². The molecular weight excluding hydrogens is 251 g/mol. The second-order valence-electron chi connectivity index (χ2n) is 6.45. The highest BCUT2D eigenvalue weighted by atomic mass is 19.1. The lowest BCUT2D eigenvalue weighted by Gasteiger charge is -2.35. The molecule has 1 saturated carbocycles. The zero-order chi connectivity index (χ0) is 14.7. The van der Waals surface area contributed by atoms with Crippen molar-refractivity contribution in [1.82, 2.24) is 0 Å². The van der Waals surface area contributed by atoms with Gasteiger partial charge in [-0.2, -0.15) is 0 Å². The van der Waals surface area contributed by atoms with Crippen LogP contribution in [0.15, 0.2) is 18.2 Å². The fraction of sp³-hybridized carbons (Fsp3) is 0.647. The van der Waals surface area contributed by atoms with E-state index in [1.165, 1.54) is 25.7 Å². The first kappa shape index (κ1) is 15.3.